The standard InChI is InChI=1S/C12H19NO2/c14-10-12(15)9-13-8-4-7-11-5-2-1-3-6-11/h1-3,5-6,12-15H,4,7-10H2/t12-/m0/s1. The maximum atomic E-state index is 9.06. The van der Waals surface area contributed by atoms with Gasteiger partial charge in [-0.15, -0.1) is 0 Å². The fraction of sp³-hybridized carbons (Fsp3) is 0.500. The molecule has 1 rings (SSSR count). The van der Waals surface area contributed by atoms with Crippen molar-refractivity contribution in [2.75, 3.05) is 19.7 Å². The van der Waals surface area contributed by atoms with Crippen LogP contribution in [0.25, 0.3) is 0 Å². The van der Waals surface area contributed by atoms with Crippen molar-refractivity contribution in [2.24, 2.45) is 0 Å². The number of aliphatic hydroxyl groups excluding tert-OH is 2. The second kappa shape index (κ2) is 7.40. The minimum Gasteiger partial charge on any atom is -0.394 e. The molecular weight excluding hydrogens is 190 g/mol. The van der Waals surface area contributed by atoms with Gasteiger partial charge < -0.3 is 15.5 Å². The summed E-state index contributed by atoms with van der Waals surface area (Å²) in [4.78, 5) is 0. The average molecular weight is 209 g/mol. The van der Waals surface area contributed by atoms with Crippen LogP contribution in [0.1, 0.15) is 12.0 Å². The molecule has 15 heavy (non-hydrogen) atoms. The predicted octanol–water partition coefficient (Wildman–Crippen LogP) is 0.562. The van der Waals surface area contributed by atoms with Crippen molar-refractivity contribution in [3.8, 4) is 0 Å². The molecule has 0 fully saturated rings. The van der Waals surface area contributed by atoms with Crippen molar-refractivity contribution in [1.29, 1.82) is 0 Å². The molecule has 1 atom stereocenters. The van der Waals surface area contributed by atoms with Crippen LogP contribution in [0, 0.1) is 0 Å². The molecule has 3 N–H and O–H groups in total. The Morgan fingerprint density at radius 3 is 2.60 bits per heavy atom. The zero-order valence-corrected chi connectivity index (χ0v) is 8.89. The molecule has 0 saturated carbocycles. The smallest absolute Gasteiger partial charge is 0.0894 e. The molecule has 3 nitrogen and oxygen atoms in total. The highest BCUT2D eigenvalue weighted by molar-refractivity contribution is 5.14. The van der Waals surface area contributed by atoms with Gasteiger partial charge in [-0.25, -0.2) is 0 Å². The van der Waals surface area contributed by atoms with Crippen molar-refractivity contribution in [2.45, 2.75) is 18.9 Å². The van der Waals surface area contributed by atoms with E-state index in [0.29, 0.717) is 6.54 Å². The molecule has 0 unspecified atom stereocenters. The molecule has 0 aliphatic heterocycles. The fourth-order valence-electron chi connectivity index (χ4n) is 1.40. The van der Waals surface area contributed by atoms with Crippen molar-refractivity contribution < 1.29 is 10.2 Å². The monoisotopic (exact) mass is 209 g/mol. The van der Waals surface area contributed by atoms with Gasteiger partial charge in [0, 0.05) is 6.54 Å². The number of rotatable bonds is 7. The van der Waals surface area contributed by atoms with Gasteiger partial charge in [-0.3, -0.25) is 0 Å². The Labute approximate surface area is 90.8 Å². The Morgan fingerprint density at radius 2 is 1.93 bits per heavy atom. The van der Waals surface area contributed by atoms with E-state index >= 15 is 0 Å². The van der Waals surface area contributed by atoms with E-state index in [4.69, 9.17) is 10.2 Å². The summed E-state index contributed by atoms with van der Waals surface area (Å²) in [6.07, 6.45) is 1.45. The SMILES string of the molecule is OC[C@@H](O)CNCCCc1ccccc1. The fourth-order valence-corrected chi connectivity index (χ4v) is 1.40. The lowest BCUT2D eigenvalue weighted by Crippen LogP contribution is -2.30. The summed E-state index contributed by atoms with van der Waals surface area (Å²) in [5, 5.41) is 20.7. The summed E-state index contributed by atoms with van der Waals surface area (Å²) in [5.41, 5.74) is 1.34. The van der Waals surface area contributed by atoms with Gasteiger partial charge in [0.1, 0.15) is 0 Å². The summed E-state index contributed by atoms with van der Waals surface area (Å²) in [5.74, 6) is 0. The van der Waals surface area contributed by atoms with Gasteiger partial charge in [-0.05, 0) is 24.9 Å². The van der Waals surface area contributed by atoms with Gasteiger partial charge in [0.25, 0.3) is 0 Å². The number of hydrogen-bond acceptors (Lipinski definition) is 3. The molecule has 0 amide bonds. The molecule has 1 aromatic rings. The highest BCUT2D eigenvalue weighted by atomic mass is 16.3. The van der Waals surface area contributed by atoms with Crippen LogP contribution >= 0.6 is 0 Å². The normalized spacial score (nSPS) is 12.7. The molecule has 0 saturated heterocycles. The molecule has 0 radical (unpaired) electrons. The molecule has 1 aromatic carbocycles. The van der Waals surface area contributed by atoms with Gasteiger partial charge in [-0.2, -0.15) is 0 Å². The first kappa shape index (κ1) is 12.2. The van der Waals surface area contributed by atoms with Gasteiger partial charge in [0.15, 0.2) is 0 Å². The summed E-state index contributed by atoms with van der Waals surface area (Å²) in [6, 6.07) is 10.3. The Hall–Kier alpha value is -0.900. The average Bonchev–Trinajstić information content (AvgIpc) is 2.29. The van der Waals surface area contributed by atoms with Crippen LogP contribution in [0.3, 0.4) is 0 Å². The van der Waals surface area contributed by atoms with Gasteiger partial charge in [-0.1, -0.05) is 30.3 Å². The van der Waals surface area contributed by atoms with E-state index in [9.17, 15) is 0 Å². The Bertz CT molecular complexity index is 251. The Balaban J connectivity index is 2.03. The number of aliphatic hydroxyl groups is 2. The van der Waals surface area contributed by atoms with Crippen molar-refractivity contribution >= 4 is 0 Å². The molecule has 84 valence electrons. The van der Waals surface area contributed by atoms with Crippen molar-refractivity contribution in [1.82, 2.24) is 5.32 Å². The zero-order valence-electron chi connectivity index (χ0n) is 8.89. The molecule has 0 aliphatic rings. The van der Waals surface area contributed by atoms with Gasteiger partial charge in [0.2, 0.25) is 0 Å². The summed E-state index contributed by atoms with van der Waals surface area (Å²) in [6.45, 7) is 1.16. The number of nitrogens with one attached hydrogen (secondary N) is 1. The molecule has 0 bridgehead atoms. The van der Waals surface area contributed by atoms with Crippen LogP contribution < -0.4 is 5.32 Å². The molecule has 0 aromatic heterocycles. The maximum absolute atomic E-state index is 9.06. The lowest BCUT2D eigenvalue weighted by Gasteiger charge is -2.08. The minimum absolute atomic E-state index is 0.175. The summed E-state index contributed by atoms with van der Waals surface area (Å²) < 4.78 is 0. The highest BCUT2D eigenvalue weighted by Crippen LogP contribution is 2.01. The zero-order chi connectivity index (χ0) is 10.9. The van der Waals surface area contributed by atoms with Crippen LogP contribution in [-0.4, -0.2) is 36.0 Å². The lowest BCUT2D eigenvalue weighted by atomic mass is 10.1. The van der Waals surface area contributed by atoms with Crippen LogP contribution in [0.4, 0.5) is 0 Å². The van der Waals surface area contributed by atoms with E-state index in [1.807, 2.05) is 18.2 Å². The summed E-state index contributed by atoms with van der Waals surface area (Å²) >= 11 is 0. The van der Waals surface area contributed by atoms with E-state index in [2.05, 4.69) is 17.4 Å². The number of aryl methyl sites for hydroxylation is 1. The van der Waals surface area contributed by atoms with Gasteiger partial charge in [0.05, 0.1) is 12.7 Å². The molecule has 0 heterocycles. The minimum atomic E-state index is -0.637. The highest BCUT2D eigenvalue weighted by Gasteiger charge is 1.99. The quantitative estimate of drug-likeness (QED) is 0.575. The van der Waals surface area contributed by atoms with E-state index < -0.39 is 6.10 Å². The second-order valence-electron chi connectivity index (χ2n) is 3.63. The molecule has 0 aliphatic carbocycles. The Kier molecular flexibility index (Phi) is 6.00. The summed E-state index contributed by atoms with van der Waals surface area (Å²) in [7, 11) is 0. The molecule has 0 spiro atoms. The van der Waals surface area contributed by atoms with Crippen molar-refractivity contribution in [3.05, 3.63) is 35.9 Å². The van der Waals surface area contributed by atoms with Crippen LogP contribution in [0.2, 0.25) is 0 Å². The van der Waals surface area contributed by atoms with E-state index in [0.717, 1.165) is 19.4 Å². The van der Waals surface area contributed by atoms with Gasteiger partial charge >= 0.3 is 0 Å². The number of hydrogen-bond donors (Lipinski definition) is 3. The van der Waals surface area contributed by atoms with E-state index in [-0.39, 0.29) is 6.61 Å². The number of benzene rings is 1. The van der Waals surface area contributed by atoms with Crippen LogP contribution in [-0.2, 0) is 6.42 Å². The lowest BCUT2D eigenvalue weighted by molar-refractivity contribution is 0.0946. The molecule has 3 heteroatoms. The first-order chi connectivity index (χ1) is 7.33. The largest absolute Gasteiger partial charge is 0.394 e. The Morgan fingerprint density at radius 1 is 1.20 bits per heavy atom. The van der Waals surface area contributed by atoms with Crippen LogP contribution in [0.15, 0.2) is 30.3 Å². The predicted molar refractivity (Wildman–Crippen MR) is 60.7 cm³/mol. The van der Waals surface area contributed by atoms with Crippen LogP contribution in [0.5, 0.6) is 0 Å². The van der Waals surface area contributed by atoms with E-state index in [1.54, 1.807) is 0 Å². The topological polar surface area (TPSA) is 52.5 Å². The van der Waals surface area contributed by atoms with Crippen molar-refractivity contribution in [3.63, 3.8) is 0 Å². The molecular formula is C12H19NO2. The maximum Gasteiger partial charge on any atom is 0.0894 e. The third-order valence-corrected chi connectivity index (χ3v) is 2.25. The second-order valence-corrected chi connectivity index (χ2v) is 3.63. The third kappa shape index (κ3) is 5.52. The first-order valence-corrected chi connectivity index (χ1v) is 5.36. The first-order valence-electron chi connectivity index (χ1n) is 5.36. The third-order valence-electron chi connectivity index (χ3n) is 2.25. The van der Waals surface area contributed by atoms with E-state index in [1.165, 1.54) is 5.56 Å².